The lowest BCUT2D eigenvalue weighted by atomic mass is 10.1. The van der Waals surface area contributed by atoms with Crippen LogP contribution in [0.15, 0.2) is 54.7 Å². The number of hydrogen-bond donors (Lipinski definition) is 3. The second kappa shape index (κ2) is 6.54. The van der Waals surface area contributed by atoms with E-state index in [-0.39, 0.29) is 22.7 Å². The molecular weight excluding hydrogens is 326 g/mol. The Bertz CT molecular complexity index is 973. The Labute approximate surface area is 141 Å². The van der Waals surface area contributed by atoms with Crippen LogP contribution < -0.4 is 5.32 Å². The second-order valence-electron chi connectivity index (χ2n) is 5.26. The Morgan fingerprint density at radius 1 is 1.20 bits per heavy atom. The van der Waals surface area contributed by atoms with Crippen molar-refractivity contribution in [2.75, 3.05) is 5.32 Å². The molecule has 1 heterocycles. The number of Topliss-reactive ketones (excluding diaryl/α,β-unsaturated/α-hetero) is 1. The summed E-state index contributed by atoms with van der Waals surface area (Å²) in [5.41, 5.74) is 0.170. The van der Waals surface area contributed by atoms with Crippen LogP contribution in [0.5, 0.6) is 5.75 Å². The molecule has 0 saturated heterocycles. The quantitative estimate of drug-likeness (QED) is 0.214. The van der Waals surface area contributed by atoms with Crippen LogP contribution in [0.1, 0.15) is 10.4 Å². The number of aromatic nitrogens is 1. The summed E-state index contributed by atoms with van der Waals surface area (Å²) in [6.45, 7) is 0. The normalized spacial score (nSPS) is 11.9. The molecule has 0 aliphatic carbocycles. The third kappa shape index (κ3) is 3.24. The number of aromatic hydroxyl groups is 1. The van der Waals surface area contributed by atoms with Crippen LogP contribution in [0.2, 0.25) is 0 Å². The number of carbonyl (C=O) groups is 1. The van der Waals surface area contributed by atoms with Gasteiger partial charge in [0.2, 0.25) is 5.78 Å². The van der Waals surface area contributed by atoms with Gasteiger partial charge in [-0.1, -0.05) is 24.3 Å². The lowest BCUT2D eigenvalue weighted by molar-refractivity contribution is -0.384. The number of hydrogen-bond acceptors (Lipinski definition) is 7. The largest absolute Gasteiger partial charge is 0.504 e. The average molecular weight is 339 g/mol. The van der Waals surface area contributed by atoms with Crippen molar-refractivity contribution >= 4 is 28.1 Å². The van der Waals surface area contributed by atoms with E-state index in [2.05, 4.69) is 10.3 Å². The monoisotopic (exact) mass is 339 g/mol. The first-order valence-electron chi connectivity index (χ1n) is 7.27. The highest BCUT2D eigenvalue weighted by Gasteiger charge is 2.21. The van der Waals surface area contributed by atoms with Gasteiger partial charge in [-0.25, -0.2) is 0 Å². The highest BCUT2D eigenvalue weighted by atomic mass is 16.6. The number of rotatable bonds is 5. The molecule has 0 spiro atoms. The molecule has 0 aliphatic heterocycles. The summed E-state index contributed by atoms with van der Waals surface area (Å²) < 4.78 is 0. The zero-order valence-corrected chi connectivity index (χ0v) is 12.8. The van der Waals surface area contributed by atoms with Crippen LogP contribution in [0.4, 0.5) is 11.4 Å². The third-order valence-electron chi connectivity index (χ3n) is 3.63. The molecule has 0 aliphatic rings. The van der Waals surface area contributed by atoms with E-state index in [1.165, 1.54) is 30.5 Å². The molecular formula is C17H13N3O5. The van der Waals surface area contributed by atoms with Crippen molar-refractivity contribution in [3.8, 4) is 5.75 Å². The molecule has 8 nitrogen and oxygen atoms in total. The molecule has 1 aromatic heterocycles. The Balaban J connectivity index is 1.86. The first kappa shape index (κ1) is 16.3. The molecule has 25 heavy (non-hydrogen) atoms. The number of nitro benzene ring substituents is 1. The van der Waals surface area contributed by atoms with Crippen LogP contribution in [0, 0.1) is 10.1 Å². The molecule has 2 aromatic carbocycles. The van der Waals surface area contributed by atoms with Crippen molar-refractivity contribution in [3.63, 3.8) is 0 Å². The summed E-state index contributed by atoms with van der Waals surface area (Å²) >= 11 is 0. The number of phenolic OH excluding ortho intramolecular Hbond substituents is 1. The summed E-state index contributed by atoms with van der Waals surface area (Å²) in [6.07, 6.45) is -0.176. The van der Waals surface area contributed by atoms with Crippen LogP contribution in [-0.2, 0) is 0 Å². The number of fused-ring (bicyclic) bond motifs is 1. The summed E-state index contributed by atoms with van der Waals surface area (Å²) in [7, 11) is 0. The predicted octanol–water partition coefficient (Wildman–Crippen LogP) is 2.46. The number of nitrogens with one attached hydrogen (secondary N) is 1. The summed E-state index contributed by atoms with van der Waals surface area (Å²) in [6, 6.07) is 11.7. The number of phenols is 1. The second-order valence-corrected chi connectivity index (χ2v) is 5.26. The van der Waals surface area contributed by atoms with E-state index in [9.17, 15) is 25.1 Å². The predicted molar refractivity (Wildman–Crippen MR) is 90.5 cm³/mol. The van der Waals surface area contributed by atoms with E-state index in [0.717, 1.165) is 6.07 Å². The highest BCUT2D eigenvalue weighted by Crippen LogP contribution is 2.31. The number of aliphatic hydroxyl groups excluding tert-OH is 1. The zero-order valence-electron chi connectivity index (χ0n) is 12.8. The minimum Gasteiger partial charge on any atom is -0.504 e. The number of nitrogens with zero attached hydrogens (tertiary/aromatic N) is 2. The van der Waals surface area contributed by atoms with Crippen LogP contribution in [0.25, 0.3) is 10.9 Å². The smallest absolute Gasteiger partial charge is 0.270 e. The van der Waals surface area contributed by atoms with Gasteiger partial charge in [0.15, 0.2) is 12.0 Å². The van der Waals surface area contributed by atoms with Crippen molar-refractivity contribution in [1.82, 2.24) is 4.98 Å². The van der Waals surface area contributed by atoms with E-state index in [1.54, 1.807) is 18.2 Å². The minimum atomic E-state index is -1.69. The van der Waals surface area contributed by atoms with E-state index in [0.29, 0.717) is 10.9 Å². The molecule has 3 N–H and O–H groups in total. The number of nitro groups is 1. The van der Waals surface area contributed by atoms with Crippen molar-refractivity contribution in [2.45, 2.75) is 6.23 Å². The number of benzene rings is 2. The molecule has 0 radical (unpaired) electrons. The molecule has 0 bridgehead atoms. The molecule has 8 heteroatoms. The lowest BCUT2D eigenvalue weighted by Crippen LogP contribution is -2.29. The van der Waals surface area contributed by atoms with Gasteiger partial charge in [-0.15, -0.1) is 0 Å². The molecule has 0 fully saturated rings. The zero-order chi connectivity index (χ0) is 18.0. The molecule has 0 unspecified atom stereocenters. The van der Waals surface area contributed by atoms with E-state index in [1.807, 2.05) is 0 Å². The van der Waals surface area contributed by atoms with Crippen LogP contribution in [-0.4, -0.2) is 32.1 Å². The standard InChI is InChI=1S/C17H13N3O5/c21-15(11-3-1-5-12(9-11)20(24)25)17(23)19-13-7-6-10-4-2-8-18-14(10)16(13)22/h1-9,17,19,22-23H/t17-/m1/s1. The number of anilines is 1. The van der Waals surface area contributed by atoms with Gasteiger partial charge in [0.05, 0.1) is 10.6 Å². The van der Waals surface area contributed by atoms with Gasteiger partial charge < -0.3 is 15.5 Å². The Morgan fingerprint density at radius 2 is 2.00 bits per heavy atom. The van der Waals surface area contributed by atoms with E-state index in [4.69, 9.17) is 0 Å². The first-order valence-corrected chi connectivity index (χ1v) is 7.27. The van der Waals surface area contributed by atoms with E-state index >= 15 is 0 Å². The SMILES string of the molecule is O=C(c1cccc([N+](=O)[O-])c1)[C@@H](O)Nc1ccc2cccnc2c1O. The Morgan fingerprint density at radius 3 is 2.76 bits per heavy atom. The average Bonchev–Trinajstić information content (AvgIpc) is 2.63. The lowest BCUT2D eigenvalue weighted by Gasteiger charge is -2.15. The van der Waals surface area contributed by atoms with Crippen LogP contribution in [0.3, 0.4) is 0 Å². The number of non-ortho nitro benzene ring substituents is 1. The first-order chi connectivity index (χ1) is 12.0. The number of pyridine rings is 1. The van der Waals surface area contributed by atoms with Crippen molar-refractivity contribution in [3.05, 3.63) is 70.4 Å². The highest BCUT2D eigenvalue weighted by molar-refractivity contribution is 6.01. The molecule has 0 amide bonds. The maximum atomic E-state index is 12.3. The summed E-state index contributed by atoms with van der Waals surface area (Å²) in [5, 5.41) is 34.3. The van der Waals surface area contributed by atoms with Crippen molar-refractivity contribution in [2.24, 2.45) is 0 Å². The maximum Gasteiger partial charge on any atom is 0.270 e. The summed E-state index contributed by atoms with van der Waals surface area (Å²) in [5.74, 6) is -0.965. The van der Waals surface area contributed by atoms with Gasteiger partial charge in [-0.2, -0.15) is 0 Å². The number of ketones is 1. The number of aliphatic hydroxyl groups is 1. The van der Waals surface area contributed by atoms with Gasteiger partial charge >= 0.3 is 0 Å². The van der Waals surface area contributed by atoms with Gasteiger partial charge in [0, 0.05) is 29.3 Å². The van der Waals surface area contributed by atoms with Gasteiger partial charge in [0.1, 0.15) is 5.52 Å². The summed E-state index contributed by atoms with van der Waals surface area (Å²) in [4.78, 5) is 26.5. The minimum absolute atomic E-state index is 0.0207. The molecule has 3 rings (SSSR count). The van der Waals surface area contributed by atoms with Gasteiger partial charge in [-0.05, 0) is 12.1 Å². The van der Waals surface area contributed by atoms with Crippen molar-refractivity contribution < 1.29 is 19.9 Å². The fraction of sp³-hybridized carbons (Fsp3) is 0.0588. The van der Waals surface area contributed by atoms with Crippen molar-refractivity contribution in [1.29, 1.82) is 0 Å². The topological polar surface area (TPSA) is 126 Å². The molecule has 1 atom stereocenters. The van der Waals surface area contributed by atoms with E-state index < -0.39 is 16.9 Å². The fourth-order valence-electron chi connectivity index (χ4n) is 2.39. The number of carbonyl (C=O) groups excluding carboxylic acids is 1. The Kier molecular flexibility index (Phi) is 4.27. The van der Waals surface area contributed by atoms with Crippen LogP contribution >= 0.6 is 0 Å². The molecule has 0 saturated carbocycles. The fourth-order valence-corrected chi connectivity index (χ4v) is 2.39. The van der Waals surface area contributed by atoms with Gasteiger partial charge in [-0.3, -0.25) is 19.9 Å². The maximum absolute atomic E-state index is 12.3. The Hall–Kier alpha value is -3.52. The molecule has 3 aromatic rings. The molecule has 126 valence electrons. The van der Waals surface area contributed by atoms with Gasteiger partial charge in [0.25, 0.3) is 5.69 Å². The third-order valence-corrected chi connectivity index (χ3v) is 3.63.